The van der Waals surface area contributed by atoms with Crippen LogP contribution in [0, 0.1) is 12.8 Å². The second-order valence-corrected chi connectivity index (χ2v) is 5.67. The van der Waals surface area contributed by atoms with Crippen LogP contribution in [-0.2, 0) is 4.79 Å². The molecule has 2 unspecified atom stereocenters. The summed E-state index contributed by atoms with van der Waals surface area (Å²) >= 11 is 0. The Morgan fingerprint density at radius 1 is 1.45 bits per heavy atom. The van der Waals surface area contributed by atoms with E-state index in [4.69, 9.17) is 0 Å². The normalized spacial score (nSPS) is 24.1. The van der Waals surface area contributed by atoms with Crippen LogP contribution in [0.1, 0.15) is 18.9 Å². The van der Waals surface area contributed by atoms with Gasteiger partial charge in [-0.05, 0) is 43.5 Å². The Hall–Kier alpha value is -1.88. The standard InChI is InChI=1S/C15H20N4O/c1-9-5-13(18-8-9)15(20)19-11-6-10(2)14-12(7-11)16-3-4-17-14/h4,6-7,9,13,16,18H,3,5,8H2,1-2H3,(H,19,20). The van der Waals surface area contributed by atoms with Crippen molar-refractivity contribution in [2.24, 2.45) is 10.9 Å². The lowest BCUT2D eigenvalue weighted by Gasteiger charge is -2.17. The third-order valence-corrected chi connectivity index (χ3v) is 3.84. The van der Waals surface area contributed by atoms with Gasteiger partial charge in [0.1, 0.15) is 0 Å². The number of hydrogen-bond donors (Lipinski definition) is 3. The molecule has 0 aromatic heterocycles. The van der Waals surface area contributed by atoms with E-state index >= 15 is 0 Å². The van der Waals surface area contributed by atoms with Crippen LogP contribution in [0.4, 0.5) is 17.1 Å². The van der Waals surface area contributed by atoms with Gasteiger partial charge in [-0.25, -0.2) is 0 Å². The molecule has 2 aliphatic heterocycles. The molecule has 2 aliphatic rings. The van der Waals surface area contributed by atoms with Crippen molar-refractivity contribution in [3.8, 4) is 0 Å². The number of aryl methyl sites for hydroxylation is 1. The van der Waals surface area contributed by atoms with Gasteiger partial charge in [0.25, 0.3) is 0 Å². The van der Waals surface area contributed by atoms with Crippen molar-refractivity contribution >= 4 is 29.2 Å². The first-order valence-corrected chi connectivity index (χ1v) is 7.09. The lowest BCUT2D eigenvalue weighted by molar-refractivity contribution is -0.117. The van der Waals surface area contributed by atoms with Gasteiger partial charge in [0.2, 0.25) is 5.91 Å². The van der Waals surface area contributed by atoms with E-state index in [-0.39, 0.29) is 11.9 Å². The summed E-state index contributed by atoms with van der Waals surface area (Å²) in [6.07, 6.45) is 2.76. The largest absolute Gasteiger partial charge is 0.378 e. The fraction of sp³-hybridized carbons (Fsp3) is 0.467. The van der Waals surface area contributed by atoms with E-state index < -0.39 is 0 Å². The van der Waals surface area contributed by atoms with E-state index in [1.807, 2.05) is 25.3 Å². The first kappa shape index (κ1) is 13.1. The Morgan fingerprint density at radius 2 is 2.30 bits per heavy atom. The number of carbonyl (C=O) groups is 1. The number of benzene rings is 1. The second-order valence-electron chi connectivity index (χ2n) is 5.67. The quantitative estimate of drug-likeness (QED) is 0.772. The Morgan fingerprint density at radius 3 is 3.05 bits per heavy atom. The van der Waals surface area contributed by atoms with Crippen molar-refractivity contribution in [3.63, 3.8) is 0 Å². The minimum Gasteiger partial charge on any atom is -0.378 e. The van der Waals surface area contributed by atoms with E-state index in [2.05, 4.69) is 27.9 Å². The molecule has 106 valence electrons. The Labute approximate surface area is 118 Å². The van der Waals surface area contributed by atoms with Crippen LogP contribution in [0.25, 0.3) is 0 Å². The number of fused-ring (bicyclic) bond motifs is 1. The molecule has 1 aromatic rings. The van der Waals surface area contributed by atoms with Gasteiger partial charge < -0.3 is 16.0 Å². The Bertz CT molecular complexity index is 567. The number of amides is 1. The Kier molecular flexibility index (Phi) is 3.44. The molecule has 0 saturated carbocycles. The number of rotatable bonds is 2. The molecule has 1 amide bonds. The third kappa shape index (κ3) is 2.54. The topological polar surface area (TPSA) is 65.5 Å². The van der Waals surface area contributed by atoms with E-state index in [0.29, 0.717) is 5.92 Å². The molecule has 2 heterocycles. The van der Waals surface area contributed by atoms with Gasteiger partial charge in [0.15, 0.2) is 0 Å². The number of aliphatic imine (C=N–C) groups is 1. The maximum Gasteiger partial charge on any atom is 0.241 e. The molecule has 1 aromatic carbocycles. The lowest BCUT2D eigenvalue weighted by Crippen LogP contribution is -2.35. The number of carbonyl (C=O) groups excluding carboxylic acids is 1. The van der Waals surface area contributed by atoms with E-state index in [0.717, 1.165) is 42.1 Å². The summed E-state index contributed by atoms with van der Waals surface area (Å²) in [5.74, 6) is 0.611. The third-order valence-electron chi connectivity index (χ3n) is 3.84. The van der Waals surface area contributed by atoms with Gasteiger partial charge in [-0.1, -0.05) is 6.92 Å². The second kappa shape index (κ2) is 5.25. The van der Waals surface area contributed by atoms with E-state index in [1.165, 1.54) is 0 Å². The highest BCUT2D eigenvalue weighted by Crippen LogP contribution is 2.34. The fourth-order valence-electron chi connectivity index (χ4n) is 2.79. The molecule has 20 heavy (non-hydrogen) atoms. The molecule has 1 saturated heterocycles. The SMILES string of the molecule is Cc1cc(NC(=O)C2CC(C)CN2)cc2c1N=CCN2. The molecule has 0 spiro atoms. The van der Waals surface area contributed by atoms with Crippen molar-refractivity contribution in [2.75, 3.05) is 23.7 Å². The zero-order chi connectivity index (χ0) is 14.1. The average Bonchev–Trinajstić information content (AvgIpc) is 2.86. The molecule has 5 heteroatoms. The number of nitrogens with one attached hydrogen (secondary N) is 3. The molecule has 2 atom stereocenters. The molecular weight excluding hydrogens is 252 g/mol. The van der Waals surface area contributed by atoms with Gasteiger partial charge in [-0.2, -0.15) is 0 Å². The van der Waals surface area contributed by atoms with Crippen LogP contribution in [0.2, 0.25) is 0 Å². The van der Waals surface area contributed by atoms with Crippen LogP contribution < -0.4 is 16.0 Å². The minimum atomic E-state index is -0.0766. The summed E-state index contributed by atoms with van der Waals surface area (Å²) in [4.78, 5) is 16.6. The molecular formula is C15H20N4O. The summed E-state index contributed by atoms with van der Waals surface area (Å²) in [6, 6.07) is 3.85. The van der Waals surface area contributed by atoms with Crippen LogP contribution in [0.3, 0.4) is 0 Å². The first-order chi connectivity index (χ1) is 9.63. The van der Waals surface area contributed by atoms with Gasteiger partial charge in [0.05, 0.1) is 24.0 Å². The van der Waals surface area contributed by atoms with Crippen molar-refractivity contribution in [2.45, 2.75) is 26.3 Å². The lowest BCUT2D eigenvalue weighted by atomic mass is 10.1. The van der Waals surface area contributed by atoms with E-state index in [1.54, 1.807) is 0 Å². The van der Waals surface area contributed by atoms with Gasteiger partial charge >= 0.3 is 0 Å². The molecule has 0 aliphatic carbocycles. The highest BCUT2D eigenvalue weighted by molar-refractivity contribution is 5.96. The van der Waals surface area contributed by atoms with Crippen LogP contribution >= 0.6 is 0 Å². The Balaban J connectivity index is 1.76. The van der Waals surface area contributed by atoms with Gasteiger partial charge in [-0.15, -0.1) is 0 Å². The maximum atomic E-state index is 12.2. The highest BCUT2D eigenvalue weighted by atomic mass is 16.2. The van der Waals surface area contributed by atoms with Crippen molar-refractivity contribution in [3.05, 3.63) is 17.7 Å². The van der Waals surface area contributed by atoms with Crippen LogP contribution in [-0.4, -0.2) is 31.3 Å². The van der Waals surface area contributed by atoms with Crippen LogP contribution in [0.5, 0.6) is 0 Å². The fourth-order valence-corrected chi connectivity index (χ4v) is 2.79. The highest BCUT2D eigenvalue weighted by Gasteiger charge is 2.26. The van der Waals surface area contributed by atoms with Gasteiger partial charge in [0, 0.05) is 11.9 Å². The molecule has 0 radical (unpaired) electrons. The molecule has 0 bridgehead atoms. The van der Waals surface area contributed by atoms with Crippen molar-refractivity contribution < 1.29 is 4.79 Å². The minimum absolute atomic E-state index is 0.0491. The summed E-state index contributed by atoms with van der Waals surface area (Å²) < 4.78 is 0. The number of hydrogen-bond acceptors (Lipinski definition) is 4. The smallest absolute Gasteiger partial charge is 0.241 e. The summed E-state index contributed by atoms with van der Waals surface area (Å²) in [7, 11) is 0. The zero-order valence-electron chi connectivity index (χ0n) is 11.9. The number of nitrogens with zero attached hydrogens (tertiary/aromatic N) is 1. The predicted molar refractivity (Wildman–Crippen MR) is 82.0 cm³/mol. The summed E-state index contributed by atoms with van der Waals surface area (Å²) in [5.41, 5.74) is 3.84. The molecule has 3 rings (SSSR count). The average molecular weight is 272 g/mol. The van der Waals surface area contributed by atoms with Crippen molar-refractivity contribution in [1.82, 2.24) is 5.32 Å². The molecule has 5 nitrogen and oxygen atoms in total. The molecule has 1 fully saturated rings. The summed E-state index contributed by atoms with van der Waals surface area (Å²) in [5, 5.41) is 9.53. The van der Waals surface area contributed by atoms with Crippen molar-refractivity contribution in [1.29, 1.82) is 0 Å². The van der Waals surface area contributed by atoms with E-state index in [9.17, 15) is 4.79 Å². The predicted octanol–water partition coefficient (Wildman–Crippen LogP) is 2.06. The maximum absolute atomic E-state index is 12.2. The van der Waals surface area contributed by atoms with Crippen LogP contribution in [0.15, 0.2) is 17.1 Å². The summed E-state index contributed by atoms with van der Waals surface area (Å²) in [6.45, 7) is 5.81. The monoisotopic (exact) mass is 272 g/mol. The molecule has 3 N–H and O–H groups in total. The number of anilines is 2. The van der Waals surface area contributed by atoms with Gasteiger partial charge in [-0.3, -0.25) is 9.79 Å². The zero-order valence-corrected chi connectivity index (χ0v) is 11.9. The first-order valence-electron chi connectivity index (χ1n) is 7.09.